The molecule has 0 aromatic carbocycles. The van der Waals surface area contributed by atoms with E-state index in [-0.39, 0.29) is 15.3 Å². The molecule has 7 heteroatoms. The van der Waals surface area contributed by atoms with Crippen LogP contribution in [0.25, 0.3) is 0 Å². The van der Waals surface area contributed by atoms with E-state index in [0.717, 1.165) is 0 Å². The molecule has 0 amide bonds. The van der Waals surface area contributed by atoms with Gasteiger partial charge in [0.2, 0.25) is 10.0 Å². The molecule has 0 aliphatic carbocycles. The maximum atomic E-state index is 12.4. The van der Waals surface area contributed by atoms with Gasteiger partial charge in [0.1, 0.15) is 10.7 Å². The van der Waals surface area contributed by atoms with Crippen molar-refractivity contribution in [1.82, 2.24) is 9.29 Å². The van der Waals surface area contributed by atoms with E-state index in [4.69, 9.17) is 11.6 Å². The zero-order valence-electron chi connectivity index (χ0n) is 11.9. The molecule has 0 radical (unpaired) electrons. The highest BCUT2D eigenvalue weighted by Gasteiger charge is 2.26. The molecule has 19 heavy (non-hydrogen) atoms. The summed E-state index contributed by atoms with van der Waals surface area (Å²) in [6.45, 7) is 6.36. The first kappa shape index (κ1) is 16.2. The van der Waals surface area contributed by atoms with Crippen molar-refractivity contribution in [3.05, 3.63) is 17.3 Å². The minimum atomic E-state index is -3.56. The Labute approximate surface area is 120 Å². The van der Waals surface area contributed by atoms with Crippen LogP contribution in [0.4, 0.5) is 5.82 Å². The first-order chi connectivity index (χ1) is 8.58. The van der Waals surface area contributed by atoms with E-state index in [0.29, 0.717) is 12.4 Å². The van der Waals surface area contributed by atoms with Gasteiger partial charge in [-0.2, -0.15) is 0 Å². The van der Waals surface area contributed by atoms with Gasteiger partial charge in [-0.05, 0) is 11.5 Å². The first-order valence-corrected chi connectivity index (χ1v) is 7.69. The van der Waals surface area contributed by atoms with Crippen LogP contribution < -0.4 is 5.32 Å². The number of anilines is 1. The number of sulfonamides is 1. The highest BCUT2D eigenvalue weighted by atomic mass is 35.5. The molecule has 0 aliphatic rings. The Balaban J connectivity index is 3.10. The van der Waals surface area contributed by atoms with Crippen molar-refractivity contribution in [2.45, 2.75) is 25.7 Å². The third-order valence-electron chi connectivity index (χ3n) is 2.46. The zero-order valence-corrected chi connectivity index (χ0v) is 13.4. The molecular formula is C12H20ClN3O2S. The molecule has 1 aromatic heterocycles. The third kappa shape index (κ3) is 4.06. The van der Waals surface area contributed by atoms with Crippen LogP contribution in [0, 0.1) is 5.41 Å². The molecule has 0 spiro atoms. The number of aromatic nitrogens is 1. The van der Waals surface area contributed by atoms with E-state index >= 15 is 0 Å². The van der Waals surface area contributed by atoms with Crippen molar-refractivity contribution in [3.8, 4) is 0 Å². The van der Waals surface area contributed by atoms with Gasteiger partial charge in [0.05, 0.1) is 5.02 Å². The molecule has 1 heterocycles. The quantitative estimate of drug-likeness (QED) is 0.928. The van der Waals surface area contributed by atoms with E-state index in [1.54, 1.807) is 14.1 Å². The van der Waals surface area contributed by atoms with Gasteiger partial charge in [-0.25, -0.2) is 17.7 Å². The largest absolute Gasteiger partial charge is 0.372 e. The van der Waals surface area contributed by atoms with Gasteiger partial charge in [-0.3, -0.25) is 0 Å². The van der Waals surface area contributed by atoms with Crippen molar-refractivity contribution < 1.29 is 8.42 Å². The lowest BCUT2D eigenvalue weighted by Crippen LogP contribution is -2.34. The highest BCUT2D eigenvalue weighted by Crippen LogP contribution is 2.25. The Kier molecular flexibility index (Phi) is 4.81. The van der Waals surface area contributed by atoms with Gasteiger partial charge in [0.15, 0.2) is 0 Å². The summed E-state index contributed by atoms with van der Waals surface area (Å²) < 4.78 is 26.1. The molecule has 1 rings (SSSR count). The number of rotatable bonds is 4. The van der Waals surface area contributed by atoms with Crippen LogP contribution in [0.2, 0.25) is 5.02 Å². The molecule has 108 valence electrons. The number of halogens is 1. The summed E-state index contributed by atoms with van der Waals surface area (Å²) in [5.41, 5.74) is -0.121. The Morgan fingerprint density at radius 2 is 2.00 bits per heavy atom. The average Bonchev–Trinajstić information content (AvgIpc) is 2.26. The summed E-state index contributed by atoms with van der Waals surface area (Å²) in [5.74, 6) is 0.457. The van der Waals surface area contributed by atoms with Gasteiger partial charge < -0.3 is 5.32 Å². The van der Waals surface area contributed by atoms with Crippen LogP contribution in [0.5, 0.6) is 0 Å². The standard InChI is InChI=1S/C12H20ClN3O2S/c1-12(2,3)8-16(5)19(17,18)9-6-10(13)11(14-4)15-7-9/h6-7H,8H2,1-5H3,(H,14,15). The van der Waals surface area contributed by atoms with Crippen LogP contribution in [-0.2, 0) is 10.0 Å². The second-order valence-electron chi connectivity index (χ2n) is 5.57. The summed E-state index contributed by atoms with van der Waals surface area (Å²) in [6.07, 6.45) is 1.31. The van der Waals surface area contributed by atoms with E-state index in [9.17, 15) is 8.42 Å². The highest BCUT2D eigenvalue weighted by molar-refractivity contribution is 7.89. The van der Waals surface area contributed by atoms with Gasteiger partial charge in [0, 0.05) is 26.8 Å². The number of pyridine rings is 1. The van der Waals surface area contributed by atoms with Crippen molar-refractivity contribution in [1.29, 1.82) is 0 Å². The smallest absolute Gasteiger partial charge is 0.244 e. The molecule has 0 bridgehead atoms. The Morgan fingerprint density at radius 1 is 1.42 bits per heavy atom. The van der Waals surface area contributed by atoms with Crippen molar-refractivity contribution in [2.24, 2.45) is 5.41 Å². The maximum Gasteiger partial charge on any atom is 0.244 e. The second-order valence-corrected chi connectivity index (χ2v) is 8.03. The SMILES string of the molecule is CNc1ncc(S(=O)(=O)N(C)CC(C)(C)C)cc1Cl. The minimum Gasteiger partial charge on any atom is -0.372 e. The maximum absolute atomic E-state index is 12.4. The van der Waals surface area contributed by atoms with Crippen molar-refractivity contribution in [2.75, 3.05) is 26.0 Å². The summed E-state index contributed by atoms with van der Waals surface area (Å²) >= 11 is 5.97. The normalized spacial score (nSPS) is 12.8. The van der Waals surface area contributed by atoms with E-state index < -0.39 is 10.0 Å². The Morgan fingerprint density at radius 3 is 2.42 bits per heavy atom. The van der Waals surface area contributed by atoms with Gasteiger partial charge >= 0.3 is 0 Å². The summed E-state index contributed by atoms with van der Waals surface area (Å²) in [7, 11) is -0.330. The van der Waals surface area contributed by atoms with E-state index in [1.807, 2.05) is 20.8 Å². The van der Waals surface area contributed by atoms with Crippen LogP contribution in [0.1, 0.15) is 20.8 Å². The monoisotopic (exact) mass is 305 g/mol. The predicted molar refractivity (Wildman–Crippen MR) is 78.1 cm³/mol. The van der Waals surface area contributed by atoms with Gasteiger partial charge in [-0.15, -0.1) is 0 Å². The number of nitrogens with one attached hydrogen (secondary N) is 1. The molecule has 1 N–H and O–H groups in total. The fourth-order valence-electron chi connectivity index (χ4n) is 1.68. The number of hydrogen-bond acceptors (Lipinski definition) is 4. The summed E-state index contributed by atoms with van der Waals surface area (Å²) in [5, 5.41) is 3.07. The summed E-state index contributed by atoms with van der Waals surface area (Å²) in [6, 6.07) is 1.41. The van der Waals surface area contributed by atoms with Crippen LogP contribution in [-0.4, -0.2) is 38.3 Å². The van der Waals surface area contributed by atoms with Crippen LogP contribution in [0.3, 0.4) is 0 Å². The average molecular weight is 306 g/mol. The molecule has 0 unspecified atom stereocenters. The van der Waals surface area contributed by atoms with E-state index in [1.165, 1.54) is 16.6 Å². The molecule has 0 atom stereocenters. The second kappa shape index (κ2) is 5.64. The first-order valence-electron chi connectivity index (χ1n) is 5.87. The lowest BCUT2D eigenvalue weighted by atomic mass is 9.97. The Hall–Kier alpha value is -0.850. The predicted octanol–water partition coefficient (Wildman–Crippen LogP) is 2.44. The van der Waals surface area contributed by atoms with Crippen LogP contribution in [0.15, 0.2) is 17.2 Å². The number of hydrogen-bond donors (Lipinski definition) is 1. The van der Waals surface area contributed by atoms with Gasteiger partial charge in [-0.1, -0.05) is 32.4 Å². The molecule has 0 saturated heterocycles. The van der Waals surface area contributed by atoms with Crippen molar-refractivity contribution in [3.63, 3.8) is 0 Å². The fourth-order valence-corrected chi connectivity index (χ4v) is 3.37. The van der Waals surface area contributed by atoms with Gasteiger partial charge in [0.25, 0.3) is 0 Å². The van der Waals surface area contributed by atoms with E-state index in [2.05, 4.69) is 10.3 Å². The molecule has 5 nitrogen and oxygen atoms in total. The molecular weight excluding hydrogens is 286 g/mol. The molecule has 1 aromatic rings. The Bertz CT molecular complexity index is 553. The molecule has 0 aliphatic heterocycles. The molecule has 0 saturated carbocycles. The lowest BCUT2D eigenvalue weighted by Gasteiger charge is -2.26. The lowest BCUT2D eigenvalue weighted by molar-refractivity contribution is 0.310. The third-order valence-corrected chi connectivity index (χ3v) is 4.51. The van der Waals surface area contributed by atoms with Crippen molar-refractivity contribution >= 4 is 27.4 Å². The van der Waals surface area contributed by atoms with Crippen LogP contribution >= 0.6 is 11.6 Å². The number of nitrogens with zero attached hydrogens (tertiary/aromatic N) is 2. The topological polar surface area (TPSA) is 62.3 Å². The summed E-state index contributed by atoms with van der Waals surface area (Å²) in [4.78, 5) is 4.09. The fraction of sp³-hybridized carbons (Fsp3) is 0.583. The minimum absolute atomic E-state index is 0.100. The molecule has 0 fully saturated rings. The zero-order chi connectivity index (χ0) is 14.8.